The lowest BCUT2D eigenvalue weighted by molar-refractivity contribution is -0.274. The van der Waals surface area contributed by atoms with Crippen LogP contribution in [0.2, 0.25) is 0 Å². The molecule has 2 rings (SSSR count). The zero-order valence-corrected chi connectivity index (χ0v) is 12.8. The van der Waals surface area contributed by atoms with Crippen LogP contribution in [-0.4, -0.2) is 10.9 Å². The van der Waals surface area contributed by atoms with E-state index < -0.39 is 6.36 Å². The van der Waals surface area contributed by atoms with E-state index in [1.807, 2.05) is 0 Å². The van der Waals surface area contributed by atoms with Crippen molar-refractivity contribution in [2.75, 3.05) is 0 Å². The van der Waals surface area contributed by atoms with Crippen molar-refractivity contribution in [3.05, 3.63) is 35.7 Å². The Morgan fingerprint density at radius 3 is 2.70 bits per heavy atom. The minimum atomic E-state index is -4.70. The zero-order valence-electron chi connectivity index (χ0n) is 10.2. The summed E-state index contributed by atoms with van der Waals surface area (Å²) < 4.78 is 42.5. The summed E-state index contributed by atoms with van der Waals surface area (Å²) in [5.41, 5.74) is 0.728. The molecular formula is C12H12BrF3N2OS. The van der Waals surface area contributed by atoms with E-state index in [1.54, 1.807) is 10.6 Å². The Labute approximate surface area is 127 Å². The molecule has 0 aliphatic heterocycles. The predicted octanol–water partition coefficient (Wildman–Crippen LogP) is 4.23. The average molecular weight is 369 g/mol. The molecule has 0 unspecified atom stereocenters. The molecule has 20 heavy (non-hydrogen) atoms. The largest absolute Gasteiger partial charge is 0.573 e. The monoisotopic (exact) mass is 368 g/mol. The van der Waals surface area contributed by atoms with Crippen molar-refractivity contribution >= 4 is 38.5 Å². The highest BCUT2D eigenvalue weighted by atomic mass is 79.9. The first-order valence-electron chi connectivity index (χ1n) is 5.45. The highest BCUT2D eigenvalue weighted by molar-refractivity contribution is 8.93. The highest BCUT2D eigenvalue weighted by Gasteiger charge is 2.31. The first-order valence-corrected chi connectivity index (χ1v) is 6.27. The van der Waals surface area contributed by atoms with E-state index >= 15 is 0 Å². The minimum absolute atomic E-state index is 0. The quantitative estimate of drug-likeness (QED) is 0.805. The van der Waals surface area contributed by atoms with Crippen LogP contribution in [0.25, 0.3) is 10.2 Å². The Balaban J connectivity index is 0.00000200. The Bertz CT molecular complexity index is 663. The number of ether oxygens (including phenoxy) is 1. The molecule has 0 fully saturated rings. The van der Waals surface area contributed by atoms with E-state index in [9.17, 15) is 13.2 Å². The van der Waals surface area contributed by atoms with Gasteiger partial charge in [-0.2, -0.15) is 0 Å². The summed E-state index contributed by atoms with van der Waals surface area (Å²) in [6.07, 6.45) is -2.27. The molecule has 0 aliphatic rings. The number of aryl methyl sites for hydroxylation is 1. The number of rotatable bonds is 4. The lowest BCUT2D eigenvalue weighted by Gasteiger charge is -2.08. The minimum Gasteiger partial charge on any atom is -0.406 e. The molecule has 8 heteroatoms. The van der Waals surface area contributed by atoms with E-state index in [1.165, 1.54) is 18.2 Å². The summed E-state index contributed by atoms with van der Waals surface area (Å²) in [6.45, 7) is 4.19. The van der Waals surface area contributed by atoms with Crippen molar-refractivity contribution in [3.8, 4) is 5.75 Å². The molecule has 3 nitrogen and oxygen atoms in total. The summed E-state index contributed by atoms with van der Waals surface area (Å²) in [4.78, 5) is 0.293. The lowest BCUT2D eigenvalue weighted by atomic mass is 10.3. The van der Waals surface area contributed by atoms with Crippen molar-refractivity contribution < 1.29 is 17.9 Å². The molecule has 0 spiro atoms. The second kappa shape index (κ2) is 6.45. The Morgan fingerprint density at radius 1 is 1.40 bits per heavy atom. The van der Waals surface area contributed by atoms with Crippen molar-refractivity contribution in [2.45, 2.75) is 19.3 Å². The van der Waals surface area contributed by atoms with Gasteiger partial charge in [-0.25, -0.2) is 0 Å². The van der Waals surface area contributed by atoms with Gasteiger partial charge < -0.3 is 9.30 Å². The molecular weight excluding hydrogens is 357 g/mol. The molecule has 0 atom stereocenters. The summed E-state index contributed by atoms with van der Waals surface area (Å²) in [7, 11) is 0. The molecule has 1 aromatic heterocycles. The van der Waals surface area contributed by atoms with Crippen molar-refractivity contribution in [1.82, 2.24) is 4.57 Å². The fourth-order valence-corrected chi connectivity index (χ4v) is 2.67. The van der Waals surface area contributed by atoms with Gasteiger partial charge >= 0.3 is 6.36 Å². The van der Waals surface area contributed by atoms with Crippen molar-refractivity contribution in [3.63, 3.8) is 0 Å². The third-order valence-electron chi connectivity index (χ3n) is 2.46. The predicted molar refractivity (Wildman–Crippen MR) is 77.5 cm³/mol. The van der Waals surface area contributed by atoms with E-state index in [0.29, 0.717) is 22.5 Å². The lowest BCUT2D eigenvalue weighted by Crippen LogP contribution is -2.17. The van der Waals surface area contributed by atoms with Gasteiger partial charge in [0.25, 0.3) is 0 Å². The van der Waals surface area contributed by atoms with E-state index in [2.05, 4.69) is 11.3 Å². The normalized spacial score (nSPS) is 11.2. The summed E-state index contributed by atoms with van der Waals surface area (Å²) in [5, 5.41) is 7.81. The number of aromatic nitrogens is 1. The Hall–Kier alpha value is -1.28. The molecule has 0 aliphatic carbocycles. The summed E-state index contributed by atoms with van der Waals surface area (Å²) in [6, 6.07) is 4.09. The molecule has 2 aromatic rings. The van der Waals surface area contributed by atoms with Gasteiger partial charge in [0.1, 0.15) is 5.75 Å². The zero-order chi connectivity index (χ0) is 14.0. The maximum Gasteiger partial charge on any atom is 0.573 e. The molecule has 1 aromatic carbocycles. The van der Waals surface area contributed by atoms with Gasteiger partial charge in [-0.3, -0.25) is 5.41 Å². The van der Waals surface area contributed by atoms with Crippen molar-refractivity contribution in [1.29, 1.82) is 5.41 Å². The van der Waals surface area contributed by atoms with Gasteiger partial charge in [0.15, 0.2) is 4.80 Å². The van der Waals surface area contributed by atoms with Crippen LogP contribution in [0.1, 0.15) is 6.42 Å². The van der Waals surface area contributed by atoms with Crippen LogP contribution in [0.15, 0.2) is 30.9 Å². The standard InChI is InChI=1S/C12H11F3N2OS.BrH/c1-2-3-6-17-9-5-4-8(18-12(13,14)15)7-10(9)19-11(17)16;/h2,4-5,7,16H,1,3,6H2;1H. The maximum atomic E-state index is 12.1. The van der Waals surface area contributed by atoms with Gasteiger partial charge in [0, 0.05) is 6.54 Å². The number of hydrogen-bond donors (Lipinski definition) is 1. The first-order chi connectivity index (χ1) is 8.90. The topological polar surface area (TPSA) is 38.0 Å². The van der Waals surface area contributed by atoms with Crippen LogP contribution in [0, 0.1) is 5.41 Å². The fourth-order valence-electron chi connectivity index (χ4n) is 1.71. The number of nitrogens with zero attached hydrogens (tertiary/aromatic N) is 1. The van der Waals surface area contributed by atoms with Crippen LogP contribution < -0.4 is 9.54 Å². The van der Waals surface area contributed by atoms with Gasteiger partial charge in [-0.1, -0.05) is 17.4 Å². The van der Waals surface area contributed by atoms with Gasteiger partial charge in [-0.15, -0.1) is 36.7 Å². The van der Waals surface area contributed by atoms with Gasteiger partial charge in [0.05, 0.1) is 10.2 Å². The molecule has 110 valence electrons. The molecule has 1 N–H and O–H groups in total. The number of halogens is 4. The van der Waals surface area contributed by atoms with Crippen molar-refractivity contribution in [2.24, 2.45) is 0 Å². The van der Waals surface area contributed by atoms with E-state index in [-0.39, 0.29) is 22.7 Å². The SMILES string of the molecule is Br.C=CCCn1c(=N)sc2cc(OC(F)(F)F)ccc21. The number of thiazole rings is 1. The van der Waals surface area contributed by atoms with Gasteiger partial charge in [0.2, 0.25) is 0 Å². The smallest absolute Gasteiger partial charge is 0.406 e. The number of allylic oxidation sites excluding steroid dienone is 1. The van der Waals surface area contributed by atoms with Gasteiger partial charge in [-0.05, 0) is 24.6 Å². The molecule has 0 saturated carbocycles. The second-order valence-electron chi connectivity index (χ2n) is 3.81. The third kappa shape index (κ3) is 3.86. The fraction of sp³-hybridized carbons (Fsp3) is 0.250. The Kier molecular flexibility index (Phi) is 5.41. The highest BCUT2D eigenvalue weighted by Crippen LogP contribution is 2.27. The van der Waals surface area contributed by atoms with Crippen LogP contribution in [-0.2, 0) is 6.54 Å². The number of benzene rings is 1. The molecule has 1 heterocycles. The van der Waals surface area contributed by atoms with Crippen LogP contribution in [0.5, 0.6) is 5.75 Å². The summed E-state index contributed by atoms with van der Waals surface area (Å²) >= 11 is 1.12. The number of nitrogens with one attached hydrogen (secondary N) is 1. The Morgan fingerprint density at radius 2 is 2.10 bits per heavy atom. The van der Waals surface area contributed by atoms with Crippen LogP contribution in [0.4, 0.5) is 13.2 Å². The van der Waals surface area contributed by atoms with Crippen LogP contribution in [0.3, 0.4) is 0 Å². The first kappa shape index (κ1) is 16.8. The van der Waals surface area contributed by atoms with E-state index in [0.717, 1.165) is 16.9 Å². The molecule has 0 saturated heterocycles. The molecule has 0 amide bonds. The second-order valence-corrected chi connectivity index (χ2v) is 4.84. The number of hydrogen-bond acceptors (Lipinski definition) is 3. The molecule has 0 radical (unpaired) electrons. The third-order valence-corrected chi connectivity index (χ3v) is 3.42. The van der Waals surface area contributed by atoms with Crippen LogP contribution >= 0.6 is 28.3 Å². The average Bonchev–Trinajstić information content (AvgIpc) is 2.59. The van der Waals surface area contributed by atoms with E-state index in [4.69, 9.17) is 5.41 Å². The molecule has 0 bridgehead atoms. The maximum absolute atomic E-state index is 12.1. The summed E-state index contributed by atoms with van der Waals surface area (Å²) in [5.74, 6) is -0.267. The number of alkyl halides is 3. The number of fused-ring (bicyclic) bond motifs is 1.